The van der Waals surface area contributed by atoms with Gasteiger partial charge in [0, 0.05) is 6.04 Å². The third-order valence-electron chi connectivity index (χ3n) is 3.40. The summed E-state index contributed by atoms with van der Waals surface area (Å²) in [6.07, 6.45) is 0. The van der Waals surface area contributed by atoms with Gasteiger partial charge in [-0.05, 0) is 34.9 Å². The Morgan fingerprint density at radius 2 is 1.89 bits per heavy atom. The normalized spacial score (nSPS) is 13.5. The molecule has 0 aliphatic heterocycles. The number of aromatic nitrogens is 4. The fraction of sp³-hybridized carbons (Fsp3) is 0.500. The van der Waals surface area contributed by atoms with Crippen molar-refractivity contribution in [3.63, 3.8) is 0 Å². The van der Waals surface area contributed by atoms with Gasteiger partial charge < -0.3 is 5.32 Å². The van der Waals surface area contributed by atoms with Crippen molar-refractivity contribution in [2.45, 2.75) is 40.3 Å². The van der Waals surface area contributed by atoms with Gasteiger partial charge in [-0.15, -0.1) is 5.10 Å². The lowest BCUT2D eigenvalue weighted by atomic mass is 9.88. The summed E-state index contributed by atoms with van der Waals surface area (Å²) in [5, 5.41) is 15.4. The molecule has 1 aromatic carbocycles. The zero-order valence-corrected chi connectivity index (χ0v) is 12.0. The summed E-state index contributed by atoms with van der Waals surface area (Å²) >= 11 is 0. The first kappa shape index (κ1) is 13.7. The van der Waals surface area contributed by atoms with E-state index in [1.54, 1.807) is 4.68 Å². The summed E-state index contributed by atoms with van der Waals surface area (Å²) in [6, 6.07) is 10.3. The van der Waals surface area contributed by atoms with Crippen LogP contribution in [-0.2, 0) is 6.54 Å². The van der Waals surface area contributed by atoms with Crippen molar-refractivity contribution in [3.05, 3.63) is 36.2 Å². The summed E-state index contributed by atoms with van der Waals surface area (Å²) in [7, 11) is 0. The summed E-state index contributed by atoms with van der Waals surface area (Å²) in [5.74, 6) is 0.822. The van der Waals surface area contributed by atoms with Crippen LogP contribution in [0, 0.1) is 5.41 Å². The first-order valence-corrected chi connectivity index (χ1v) is 6.54. The van der Waals surface area contributed by atoms with Gasteiger partial charge in [-0.1, -0.05) is 39.0 Å². The lowest BCUT2D eigenvalue weighted by Crippen LogP contribution is -2.37. The fourth-order valence-electron chi connectivity index (χ4n) is 1.64. The third kappa shape index (κ3) is 3.38. The highest BCUT2D eigenvalue weighted by Gasteiger charge is 2.20. The fourth-order valence-corrected chi connectivity index (χ4v) is 1.64. The van der Waals surface area contributed by atoms with E-state index in [0.29, 0.717) is 12.6 Å². The minimum Gasteiger partial charge on any atom is -0.307 e. The molecular formula is C14H21N5. The van der Waals surface area contributed by atoms with Crippen LogP contribution in [0.1, 0.15) is 33.5 Å². The van der Waals surface area contributed by atoms with Crippen LogP contribution in [-0.4, -0.2) is 26.2 Å². The molecule has 0 saturated carbocycles. The Morgan fingerprint density at radius 3 is 2.53 bits per heavy atom. The van der Waals surface area contributed by atoms with E-state index in [1.165, 1.54) is 0 Å². The van der Waals surface area contributed by atoms with Crippen molar-refractivity contribution in [2.75, 3.05) is 0 Å². The molecule has 5 nitrogen and oxygen atoms in total. The van der Waals surface area contributed by atoms with E-state index in [2.05, 4.69) is 48.5 Å². The number of hydrogen-bond acceptors (Lipinski definition) is 4. The molecule has 1 heterocycles. The molecule has 0 radical (unpaired) electrons. The molecule has 1 aromatic heterocycles. The highest BCUT2D eigenvalue weighted by atomic mass is 15.5. The van der Waals surface area contributed by atoms with E-state index in [0.717, 1.165) is 11.5 Å². The second kappa shape index (κ2) is 5.48. The number of rotatable bonds is 4. The van der Waals surface area contributed by atoms with Gasteiger partial charge in [0.05, 0.1) is 12.2 Å². The van der Waals surface area contributed by atoms with Crippen LogP contribution < -0.4 is 5.32 Å². The molecule has 0 aliphatic rings. The Hall–Kier alpha value is -1.75. The zero-order chi connectivity index (χ0) is 13.9. The third-order valence-corrected chi connectivity index (χ3v) is 3.40. The Morgan fingerprint density at radius 1 is 1.21 bits per heavy atom. The quantitative estimate of drug-likeness (QED) is 0.914. The van der Waals surface area contributed by atoms with Crippen LogP contribution in [0.4, 0.5) is 0 Å². The number of para-hydroxylation sites is 1. The van der Waals surface area contributed by atoms with Crippen molar-refractivity contribution in [2.24, 2.45) is 5.41 Å². The Labute approximate surface area is 114 Å². The molecule has 2 aromatic rings. The molecule has 1 unspecified atom stereocenters. The SMILES string of the molecule is CC(NCc1nnnn1-c1ccccc1)C(C)(C)C. The van der Waals surface area contributed by atoms with Crippen LogP contribution in [0.5, 0.6) is 0 Å². The average Bonchev–Trinajstić information content (AvgIpc) is 2.84. The molecule has 5 heteroatoms. The van der Waals surface area contributed by atoms with Gasteiger partial charge in [0.25, 0.3) is 0 Å². The molecule has 0 aliphatic carbocycles. The number of benzene rings is 1. The predicted octanol–water partition coefficient (Wildman–Crippen LogP) is 2.19. The summed E-state index contributed by atoms with van der Waals surface area (Å²) in [6.45, 7) is 9.47. The van der Waals surface area contributed by atoms with Crippen molar-refractivity contribution in [1.82, 2.24) is 25.5 Å². The van der Waals surface area contributed by atoms with Crippen molar-refractivity contribution < 1.29 is 0 Å². The van der Waals surface area contributed by atoms with Crippen LogP contribution >= 0.6 is 0 Å². The van der Waals surface area contributed by atoms with Crippen LogP contribution in [0.3, 0.4) is 0 Å². The van der Waals surface area contributed by atoms with Gasteiger partial charge in [-0.3, -0.25) is 0 Å². The molecule has 0 spiro atoms. The molecule has 2 rings (SSSR count). The first-order valence-electron chi connectivity index (χ1n) is 6.54. The minimum atomic E-state index is 0.213. The zero-order valence-electron chi connectivity index (χ0n) is 12.0. The first-order chi connectivity index (χ1) is 8.98. The maximum Gasteiger partial charge on any atom is 0.170 e. The van der Waals surface area contributed by atoms with E-state index in [4.69, 9.17) is 0 Å². The molecule has 0 amide bonds. The molecular weight excluding hydrogens is 238 g/mol. The topological polar surface area (TPSA) is 55.6 Å². The van der Waals surface area contributed by atoms with Gasteiger partial charge in [-0.25, -0.2) is 0 Å². The highest BCUT2D eigenvalue weighted by Crippen LogP contribution is 2.18. The smallest absolute Gasteiger partial charge is 0.170 e. The molecule has 1 atom stereocenters. The van der Waals surface area contributed by atoms with Crippen molar-refractivity contribution >= 4 is 0 Å². The lowest BCUT2D eigenvalue weighted by molar-refractivity contribution is 0.283. The lowest BCUT2D eigenvalue weighted by Gasteiger charge is -2.27. The van der Waals surface area contributed by atoms with Crippen LogP contribution in [0.25, 0.3) is 5.69 Å². The molecule has 0 fully saturated rings. The van der Waals surface area contributed by atoms with Gasteiger partial charge in [-0.2, -0.15) is 4.68 Å². The van der Waals surface area contributed by atoms with Crippen molar-refractivity contribution in [3.8, 4) is 5.69 Å². The van der Waals surface area contributed by atoms with E-state index in [1.807, 2.05) is 30.3 Å². The van der Waals surface area contributed by atoms with Gasteiger partial charge in [0.2, 0.25) is 0 Å². The second-order valence-electron chi connectivity index (χ2n) is 5.81. The highest BCUT2D eigenvalue weighted by molar-refractivity contribution is 5.30. The average molecular weight is 259 g/mol. The van der Waals surface area contributed by atoms with Crippen LogP contribution in [0.2, 0.25) is 0 Å². The molecule has 102 valence electrons. The monoisotopic (exact) mass is 259 g/mol. The number of tetrazole rings is 1. The Balaban J connectivity index is 2.09. The largest absolute Gasteiger partial charge is 0.307 e. The van der Waals surface area contributed by atoms with Crippen molar-refractivity contribution in [1.29, 1.82) is 0 Å². The molecule has 1 N–H and O–H groups in total. The van der Waals surface area contributed by atoms with Gasteiger partial charge in [0.1, 0.15) is 0 Å². The molecule has 0 saturated heterocycles. The summed E-state index contributed by atoms with van der Waals surface area (Å²) in [5.41, 5.74) is 1.19. The maximum absolute atomic E-state index is 4.09. The number of nitrogens with one attached hydrogen (secondary N) is 1. The van der Waals surface area contributed by atoms with E-state index in [9.17, 15) is 0 Å². The predicted molar refractivity (Wildman–Crippen MR) is 74.9 cm³/mol. The molecule has 0 bridgehead atoms. The Kier molecular flexibility index (Phi) is 3.95. The maximum atomic E-state index is 4.09. The standard InChI is InChI=1S/C14H21N5/c1-11(14(2,3)4)15-10-13-16-17-18-19(13)12-8-6-5-7-9-12/h5-9,11,15H,10H2,1-4H3. The van der Waals surface area contributed by atoms with Gasteiger partial charge >= 0.3 is 0 Å². The number of nitrogens with zero attached hydrogens (tertiary/aromatic N) is 4. The Bertz CT molecular complexity index is 512. The van der Waals surface area contributed by atoms with E-state index >= 15 is 0 Å². The summed E-state index contributed by atoms with van der Waals surface area (Å²) < 4.78 is 1.77. The van der Waals surface area contributed by atoms with Gasteiger partial charge in [0.15, 0.2) is 5.82 Å². The van der Waals surface area contributed by atoms with E-state index < -0.39 is 0 Å². The molecule has 19 heavy (non-hydrogen) atoms. The number of hydrogen-bond donors (Lipinski definition) is 1. The van der Waals surface area contributed by atoms with Crippen LogP contribution in [0.15, 0.2) is 30.3 Å². The second-order valence-corrected chi connectivity index (χ2v) is 5.81. The van der Waals surface area contributed by atoms with E-state index in [-0.39, 0.29) is 5.41 Å². The minimum absolute atomic E-state index is 0.213. The summed E-state index contributed by atoms with van der Waals surface area (Å²) in [4.78, 5) is 0.